The zero-order valence-corrected chi connectivity index (χ0v) is 12.6. The van der Waals surface area contributed by atoms with Crippen LogP contribution >= 0.6 is 11.8 Å². The second-order valence-corrected chi connectivity index (χ2v) is 6.35. The summed E-state index contributed by atoms with van der Waals surface area (Å²) < 4.78 is 0.0838. The van der Waals surface area contributed by atoms with Gasteiger partial charge in [0.1, 0.15) is 6.04 Å². The van der Waals surface area contributed by atoms with Crippen molar-refractivity contribution in [1.82, 2.24) is 10.6 Å². The molecule has 1 rings (SSSR count). The molecule has 5 nitrogen and oxygen atoms in total. The largest absolute Gasteiger partial charge is 0.480 e. The molecule has 1 aliphatic rings. The number of aliphatic carboxylic acids is 1. The minimum absolute atomic E-state index is 0.0174. The predicted octanol–water partition coefficient (Wildman–Crippen LogP) is 1.83. The summed E-state index contributed by atoms with van der Waals surface area (Å²) in [6, 6.07) is -1.50. The van der Waals surface area contributed by atoms with Crippen molar-refractivity contribution in [1.29, 1.82) is 0 Å². The van der Waals surface area contributed by atoms with Gasteiger partial charge in [-0.2, -0.15) is 11.8 Å². The molecular weight excluding hydrogens is 276 g/mol. The molecular formula is C14H22N2O3S. The van der Waals surface area contributed by atoms with Crippen molar-refractivity contribution in [2.45, 2.75) is 49.3 Å². The van der Waals surface area contributed by atoms with E-state index in [1.54, 1.807) is 11.8 Å². The molecule has 6 heteroatoms. The number of terminal acetylenes is 1. The van der Waals surface area contributed by atoms with E-state index in [0.717, 1.165) is 12.8 Å². The van der Waals surface area contributed by atoms with Crippen LogP contribution in [0.5, 0.6) is 0 Å². The summed E-state index contributed by atoms with van der Waals surface area (Å²) >= 11 is 1.78. The summed E-state index contributed by atoms with van der Waals surface area (Å²) in [6.45, 7) is 0.558. The Kier molecular flexibility index (Phi) is 6.73. The average Bonchev–Trinajstić information content (AvgIpc) is 2.45. The number of carboxylic acids is 1. The minimum Gasteiger partial charge on any atom is -0.480 e. The van der Waals surface area contributed by atoms with E-state index in [1.807, 2.05) is 0 Å². The van der Waals surface area contributed by atoms with E-state index in [9.17, 15) is 9.59 Å². The Morgan fingerprint density at radius 2 is 2.05 bits per heavy atom. The number of hydrogen-bond acceptors (Lipinski definition) is 3. The molecule has 20 heavy (non-hydrogen) atoms. The van der Waals surface area contributed by atoms with Crippen molar-refractivity contribution in [2.24, 2.45) is 0 Å². The molecule has 0 aliphatic heterocycles. The molecule has 1 saturated carbocycles. The van der Waals surface area contributed by atoms with Crippen LogP contribution in [0.2, 0.25) is 0 Å². The van der Waals surface area contributed by atoms with Gasteiger partial charge in [-0.25, -0.2) is 9.59 Å². The molecule has 1 aliphatic carbocycles. The maximum atomic E-state index is 11.8. The highest BCUT2D eigenvalue weighted by Crippen LogP contribution is 2.37. The quantitative estimate of drug-likeness (QED) is 0.654. The summed E-state index contributed by atoms with van der Waals surface area (Å²) in [7, 11) is 0. The zero-order chi connectivity index (χ0) is 15.0. The Labute approximate surface area is 124 Å². The number of nitrogens with one attached hydrogen (secondary N) is 2. The molecule has 1 fully saturated rings. The third-order valence-electron chi connectivity index (χ3n) is 3.69. The number of urea groups is 1. The van der Waals surface area contributed by atoms with Gasteiger partial charge in [0.25, 0.3) is 0 Å². The van der Waals surface area contributed by atoms with Crippen LogP contribution in [0.4, 0.5) is 4.79 Å². The first kappa shape index (κ1) is 16.7. The monoisotopic (exact) mass is 298 g/mol. The third kappa shape index (κ3) is 4.97. The lowest BCUT2D eigenvalue weighted by molar-refractivity contribution is -0.139. The van der Waals surface area contributed by atoms with Gasteiger partial charge in [-0.05, 0) is 19.1 Å². The van der Waals surface area contributed by atoms with Crippen LogP contribution in [-0.2, 0) is 4.79 Å². The Morgan fingerprint density at radius 3 is 2.55 bits per heavy atom. The summed E-state index contributed by atoms with van der Waals surface area (Å²) in [5.74, 6) is 1.14. The SMILES string of the molecule is C#CCC(NC(=O)NCC1(SC)CCCCC1)C(=O)O. The Morgan fingerprint density at radius 1 is 1.40 bits per heavy atom. The van der Waals surface area contributed by atoms with E-state index in [0.29, 0.717) is 6.54 Å². The predicted molar refractivity (Wildman–Crippen MR) is 80.7 cm³/mol. The van der Waals surface area contributed by atoms with Crippen LogP contribution in [-0.4, -0.2) is 40.7 Å². The maximum Gasteiger partial charge on any atom is 0.327 e. The zero-order valence-electron chi connectivity index (χ0n) is 11.8. The number of carbonyl (C=O) groups excluding carboxylic acids is 1. The second kappa shape index (κ2) is 8.05. The molecule has 0 spiro atoms. The molecule has 0 bridgehead atoms. The van der Waals surface area contributed by atoms with E-state index in [1.165, 1.54) is 19.3 Å². The van der Waals surface area contributed by atoms with Gasteiger partial charge >= 0.3 is 12.0 Å². The van der Waals surface area contributed by atoms with E-state index < -0.39 is 18.0 Å². The van der Waals surface area contributed by atoms with Gasteiger partial charge in [0.05, 0.1) is 0 Å². The molecule has 0 aromatic heterocycles. The fraction of sp³-hybridized carbons (Fsp3) is 0.714. The molecule has 0 heterocycles. The van der Waals surface area contributed by atoms with Crippen molar-refractivity contribution < 1.29 is 14.7 Å². The van der Waals surface area contributed by atoms with Crippen LogP contribution in [0.3, 0.4) is 0 Å². The van der Waals surface area contributed by atoms with Crippen molar-refractivity contribution in [3.63, 3.8) is 0 Å². The number of carboxylic acid groups (broad SMARTS) is 1. The Hall–Kier alpha value is -1.35. The average molecular weight is 298 g/mol. The van der Waals surface area contributed by atoms with Gasteiger partial charge in [0.15, 0.2) is 0 Å². The lowest BCUT2D eigenvalue weighted by atomic mass is 9.88. The van der Waals surface area contributed by atoms with E-state index in [2.05, 4.69) is 22.8 Å². The molecule has 0 radical (unpaired) electrons. The normalized spacial score (nSPS) is 18.6. The lowest BCUT2D eigenvalue weighted by Crippen LogP contribution is -2.50. The Bertz CT molecular complexity index is 386. The first-order valence-corrected chi connectivity index (χ1v) is 8.01. The number of carbonyl (C=O) groups is 2. The molecule has 0 aromatic carbocycles. The van der Waals surface area contributed by atoms with Gasteiger partial charge in [0.2, 0.25) is 0 Å². The first-order chi connectivity index (χ1) is 9.53. The molecule has 0 aromatic rings. The van der Waals surface area contributed by atoms with Gasteiger partial charge in [0, 0.05) is 17.7 Å². The van der Waals surface area contributed by atoms with Crippen molar-refractivity contribution in [2.75, 3.05) is 12.8 Å². The van der Waals surface area contributed by atoms with Gasteiger partial charge in [-0.1, -0.05) is 19.3 Å². The van der Waals surface area contributed by atoms with Gasteiger partial charge in [-0.15, -0.1) is 12.3 Å². The topological polar surface area (TPSA) is 78.4 Å². The smallest absolute Gasteiger partial charge is 0.327 e. The lowest BCUT2D eigenvalue weighted by Gasteiger charge is -2.35. The van der Waals surface area contributed by atoms with E-state index >= 15 is 0 Å². The van der Waals surface area contributed by atoms with Crippen LogP contribution in [0.25, 0.3) is 0 Å². The first-order valence-electron chi connectivity index (χ1n) is 6.79. The van der Waals surface area contributed by atoms with E-state index in [4.69, 9.17) is 11.5 Å². The minimum atomic E-state index is -1.12. The van der Waals surface area contributed by atoms with Crippen molar-refractivity contribution in [3.05, 3.63) is 0 Å². The molecule has 112 valence electrons. The summed E-state index contributed by atoms with van der Waals surface area (Å²) in [5, 5.41) is 14.1. The Balaban J connectivity index is 2.45. The fourth-order valence-corrected chi connectivity index (χ4v) is 3.33. The van der Waals surface area contributed by atoms with Crippen LogP contribution < -0.4 is 10.6 Å². The summed E-state index contributed by atoms with van der Waals surface area (Å²) in [4.78, 5) is 22.7. The molecule has 0 saturated heterocycles. The highest BCUT2D eigenvalue weighted by atomic mass is 32.2. The number of rotatable bonds is 6. The number of amides is 2. The number of thioether (sulfide) groups is 1. The van der Waals surface area contributed by atoms with Gasteiger partial charge in [-0.3, -0.25) is 0 Å². The van der Waals surface area contributed by atoms with Crippen molar-refractivity contribution >= 4 is 23.8 Å². The highest BCUT2D eigenvalue weighted by Gasteiger charge is 2.31. The highest BCUT2D eigenvalue weighted by molar-refractivity contribution is 8.00. The second-order valence-electron chi connectivity index (χ2n) is 5.07. The summed E-state index contributed by atoms with van der Waals surface area (Å²) in [5.41, 5.74) is 0. The van der Waals surface area contributed by atoms with Crippen LogP contribution in [0.1, 0.15) is 38.5 Å². The maximum absolute atomic E-state index is 11.8. The van der Waals surface area contributed by atoms with Gasteiger partial charge < -0.3 is 15.7 Å². The van der Waals surface area contributed by atoms with Crippen LogP contribution in [0.15, 0.2) is 0 Å². The standard InChI is InChI=1S/C14H22N2O3S/c1-3-7-11(12(17)18)16-13(19)15-10-14(20-2)8-5-4-6-9-14/h1,11H,4-10H2,2H3,(H,17,18)(H2,15,16,19). The van der Waals surface area contributed by atoms with Crippen molar-refractivity contribution in [3.8, 4) is 12.3 Å². The number of hydrogen-bond donors (Lipinski definition) is 3. The molecule has 1 unspecified atom stereocenters. The molecule has 1 atom stereocenters. The molecule has 3 N–H and O–H groups in total. The van der Waals surface area contributed by atoms with E-state index in [-0.39, 0.29) is 11.2 Å². The van der Waals surface area contributed by atoms with Crippen LogP contribution in [0, 0.1) is 12.3 Å². The third-order valence-corrected chi connectivity index (χ3v) is 5.11. The molecule has 2 amide bonds. The summed E-state index contributed by atoms with van der Waals surface area (Å²) in [6.07, 6.45) is 12.9. The fourth-order valence-electron chi connectivity index (χ4n) is 2.42.